The SMILES string of the molecule is C=CCC(C)(C)OC1CC=C(Cl)CC1. The van der Waals surface area contributed by atoms with Gasteiger partial charge in [0.2, 0.25) is 0 Å². The number of ether oxygens (including phenoxy) is 1. The monoisotopic (exact) mass is 214 g/mol. The third kappa shape index (κ3) is 3.85. The van der Waals surface area contributed by atoms with Crippen molar-refractivity contribution in [1.82, 2.24) is 0 Å². The fourth-order valence-corrected chi connectivity index (χ4v) is 1.93. The van der Waals surface area contributed by atoms with Gasteiger partial charge in [-0.2, -0.15) is 0 Å². The summed E-state index contributed by atoms with van der Waals surface area (Å²) in [4.78, 5) is 0. The lowest BCUT2D eigenvalue weighted by Gasteiger charge is -2.31. The molecule has 0 spiro atoms. The number of allylic oxidation sites excluding steroid dienone is 1. The number of hydrogen-bond donors (Lipinski definition) is 0. The number of rotatable bonds is 4. The molecule has 0 aromatic rings. The summed E-state index contributed by atoms with van der Waals surface area (Å²) < 4.78 is 5.99. The Morgan fingerprint density at radius 2 is 2.43 bits per heavy atom. The third-order valence-corrected chi connectivity index (χ3v) is 2.77. The van der Waals surface area contributed by atoms with Crippen LogP contribution in [0, 0.1) is 0 Å². The lowest BCUT2D eigenvalue weighted by molar-refractivity contribution is -0.0721. The normalized spacial score (nSPS) is 23.1. The van der Waals surface area contributed by atoms with Gasteiger partial charge in [-0.25, -0.2) is 0 Å². The Hall–Kier alpha value is -0.270. The van der Waals surface area contributed by atoms with E-state index in [0.717, 1.165) is 30.7 Å². The largest absolute Gasteiger partial charge is 0.372 e. The van der Waals surface area contributed by atoms with E-state index in [2.05, 4.69) is 26.5 Å². The molecule has 14 heavy (non-hydrogen) atoms. The fraction of sp³-hybridized carbons (Fsp3) is 0.667. The van der Waals surface area contributed by atoms with Crippen molar-refractivity contribution >= 4 is 11.6 Å². The molecule has 0 fully saturated rings. The molecule has 1 aliphatic carbocycles. The molecule has 1 atom stereocenters. The van der Waals surface area contributed by atoms with Gasteiger partial charge in [-0.3, -0.25) is 0 Å². The number of halogens is 1. The minimum Gasteiger partial charge on any atom is -0.372 e. The predicted molar refractivity (Wildman–Crippen MR) is 61.6 cm³/mol. The molecule has 0 N–H and O–H groups in total. The summed E-state index contributed by atoms with van der Waals surface area (Å²) in [5, 5.41) is 0.978. The van der Waals surface area contributed by atoms with Crippen LogP contribution in [0.25, 0.3) is 0 Å². The van der Waals surface area contributed by atoms with Gasteiger partial charge in [0.05, 0.1) is 11.7 Å². The van der Waals surface area contributed by atoms with Crippen LogP contribution in [0.3, 0.4) is 0 Å². The van der Waals surface area contributed by atoms with E-state index in [0.29, 0.717) is 6.10 Å². The predicted octanol–water partition coefficient (Wildman–Crippen LogP) is 4.03. The molecule has 1 unspecified atom stereocenters. The lowest BCUT2D eigenvalue weighted by atomic mass is 10.0. The Labute approximate surface area is 91.8 Å². The van der Waals surface area contributed by atoms with Gasteiger partial charge in [0.15, 0.2) is 0 Å². The van der Waals surface area contributed by atoms with Gasteiger partial charge in [-0.05, 0) is 39.5 Å². The molecule has 0 amide bonds. The first-order valence-corrected chi connectivity index (χ1v) is 5.54. The first kappa shape index (κ1) is 11.8. The van der Waals surface area contributed by atoms with Crippen LogP contribution in [0.4, 0.5) is 0 Å². The highest BCUT2D eigenvalue weighted by Gasteiger charge is 2.23. The molecule has 0 saturated carbocycles. The maximum atomic E-state index is 5.99. The topological polar surface area (TPSA) is 9.23 Å². The van der Waals surface area contributed by atoms with Crippen LogP contribution in [-0.4, -0.2) is 11.7 Å². The zero-order valence-corrected chi connectivity index (χ0v) is 9.81. The minimum atomic E-state index is -0.0932. The Morgan fingerprint density at radius 1 is 1.71 bits per heavy atom. The Balaban J connectivity index is 2.41. The molecular formula is C12H19ClO. The van der Waals surface area contributed by atoms with Gasteiger partial charge in [0.1, 0.15) is 0 Å². The van der Waals surface area contributed by atoms with E-state index in [-0.39, 0.29) is 5.60 Å². The average molecular weight is 215 g/mol. The van der Waals surface area contributed by atoms with Gasteiger partial charge >= 0.3 is 0 Å². The van der Waals surface area contributed by atoms with E-state index in [9.17, 15) is 0 Å². The quantitative estimate of drug-likeness (QED) is 0.642. The summed E-state index contributed by atoms with van der Waals surface area (Å²) in [6.07, 6.45) is 8.13. The van der Waals surface area contributed by atoms with Crippen LogP contribution >= 0.6 is 11.6 Å². The molecule has 0 aromatic heterocycles. The highest BCUT2D eigenvalue weighted by Crippen LogP contribution is 2.27. The van der Waals surface area contributed by atoms with Crippen molar-refractivity contribution in [2.24, 2.45) is 0 Å². The standard InChI is InChI=1S/C12H19ClO/c1-4-9-12(2,3)14-11-7-5-10(13)6-8-11/h4-5,11H,1,6-9H2,2-3H3. The smallest absolute Gasteiger partial charge is 0.0664 e. The average Bonchev–Trinajstić information content (AvgIpc) is 2.08. The van der Waals surface area contributed by atoms with Crippen molar-refractivity contribution in [3.8, 4) is 0 Å². The van der Waals surface area contributed by atoms with E-state index in [1.165, 1.54) is 0 Å². The second-order valence-electron chi connectivity index (χ2n) is 4.42. The molecule has 1 rings (SSSR count). The van der Waals surface area contributed by atoms with Crippen molar-refractivity contribution in [2.45, 2.75) is 51.2 Å². The molecule has 0 heterocycles. The second-order valence-corrected chi connectivity index (χ2v) is 4.90. The summed E-state index contributed by atoms with van der Waals surface area (Å²) in [6, 6.07) is 0. The minimum absolute atomic E-state index is 0.0932. The van der Waals surface area contributed by atoms with E-state index < -0.39 is 0 Å². The summed E-state index contributed by atoms with van der Waals surface area (Å²) in [6.45, 7) is 7.95. The van der Waals surface area contributed by atoms with Crippen LogP contribution in [0.2, 0.25) is 0 Å². The molecule has 0 saturated heterocycles. The lowest BCUT2D eigenvalue weighted by Crippen LogP contribution is -2.30. The molecule has 0 aliphatic heterocycles. The molecule has 0 aromatic carbocycles. The summed E-state index contributed by atoms with van der Waals surface area (Å²) in [5.74, 6) is 0. The van der Waals surface area contributed by atoms with Gasteiger partial charge < -0.3 is 4.74 Å². The Morgan fingerprint density at radius 3 is 2.93 bits per heavy atom. The van der Waals surface area contributed by atoms with Gasteiger partial charge in [0, 0.05) is 5.03 Å². The summed E-state index contributed by atoms with van der Waals surface area (Å²) in [7, 11) is 0. The Bertz CT molecular complexity index is 230. The highest BCUT2D eigenvalue weighted by atomic mass is 35.5. The molecule has 0 bridgehead atoms. The van der Waals surface area contributed by atoms with Crippen LogP contribution in [0.1, 0.15) is 39.5 Å². The first-order chi connectivity index (χ1) is 6.53. The van der Waals surface area contributed by atoms with Gasteiger partial charge in [-0.15, -0.1) is 6.58 Å². The van der Waals surface area contributed by atoms with Crippen molar-refractivity contribution in [2.75, 3.05) is 0 Å². The second kappa shape index (κ2) is 4.99. The molecule has 80 valence electrons. The van der Waals surface area contributed by atoms with E-state index in [1.807, 2.05) is 6.08 Å². The number of hydrogen-bond acceptors (Lipinski definition) is 1. The summed E-state index contributed by atoms with van der Waals surface area (Å²) >= 11 is 5.90. The maximum Gasteiger partial charge on any atom is 0.0664 e. The van der Waals surface area contributed by atoms with Crippen LogP contribution < -0.4 is 0 Å². The Kier molecular flexibility index (Phi) is 4.21. The zero-order valence-electron chi connectivity index (χ0n) is 9.05. The fourth-order valence-electron chi connectivity index (χ4n) is 1.73. The molecular weight excluding hydrogens is 196 g/mol. The van der Waals surface area contributed by atoms with Crippen molar-refractivity contribution < 1.29 is 4.74 Å². The van der Waals surface area contributed by atoms with Gasteiger partial charge in [-0.1, -0.05) is 23.8 Å². The van der Waals surface area contributed by atoms with Crippen molar-refractivity contribution in [3.63, 3.8) is 0 Å². The van der Waals surface area contributed by atoms with Crippen LogP contribution in [0.15, 0.2) is 23.8 Å². The molecule has 1 nitrogen and oxygen atoms in total. The van der Waals surface area contributed by atoms with E-state index in [4.69, 9.17) is 16.3 Å². The van der Waals surface area contributed by atoms with Crippen LogP contribution in [0.5, 0.6) is 0 Å². The zero-order chi connectivity index (χ0) is 10.6. The van der Waals surface area contributed by atoms with E-state index in [1.54, 1.807) is 0 Å². The van der Waals surface area contributed by atoms with Crippen molar-refractivity contribution in [3.05, 3.63) is 23.8 Å². The third-order valence-electron chi connectivity index (χ3n) is 2.43. The molecule has 1 aliphatic rings. The van der Waals surface area contributed by atoms with E-state index >= 15 is 0 Å². The maximum absolute atomic E-state index is 5.99. The van der Waals surface area contributed by atoms with Crippen LogP contribution in [-0.2, 0) is 4.74 Å². The molecule has 0 radical (unpaired) electrons. The first-order valence-electron chi connectivity index (χ1n) is 5.17. The highest BCUT2D eigenvalue weighted by molar-refractivity contribution is 6.29. The van der Waals surface area contributed by atoms with Crippen molar-refractivity contribution in [1.29, 1.82) is 0 Å². The molecule has 2 heteroatoms. The van der Waals surface area contributed by atoms with Gasteiger partial charge in [0.25, 0.3) is 0 Å². The summed E-state index contributed by atoms with van der Waals surface area (Å²) in [5.41, 5.74) is -0.0932.